The van der Waals surface area contributed by atoms with Gasteiger partial charge < -0.3 is 15.7 Å². The standard InChI is InChI=1S/C14H15ClF2N2O3/c15-8-5-9(16)11(10(17)6-8)19-13(21)12(20)18-7-14(22)3-1-2-4-14/h5-6,22H,1-4,7H2,(H,18,20)(H,19,21). The fraction of sp³-hybridized carbons (Fsp3) is 0.429. The highest BCUT2D eigenvalue weighted by Gasteiger charge is 2.32. The fourth-order valence-electron chi connectivity index (χ4n) is 2.37. The Bertz CT molecular complexity index is 581. The molecule has 8 heteroatoms. The van der Waals surface area contributed by atoms with Gasteiger partial charge in [-0.2, -0.15) is 0 Å². The second-order valence-corrected chi connectivity index (χ2v) is 5.75. The topological polar surface area (TPSA) is 78.4 Å². The summed E-state index contributed by atoms with van der Waals surface area (Å²) in [7, 11) is 0. The third-order valence-corrected chi connectivity index (χ3v) is 3.78. The number of carbonyl (C=O) groups is 2. The highest BCUT2D eigenvalue weighted by Crippen LogP contribution is 2.28. The number of halogens is 3. The van der Waals surface area contributed by atoms with E-state index in [0.717, 1.165) is 25.0 Å². The van der Waals surface area contributed by atoms with Crippen LogP contribution in [0.4, 0.5) is 14.5 Å². The average Bonchev–Trinajstić information content (AvgIpc) is 2.87. The molecular formula is C14H15ClF2N2O3. The maximum Gasteiger partial charge on any atom is 0.313 e. The summed E-state index contributed by atoms with van der Waals surface area (Å²) in [5.74, 6) is -4.46. The maximum atomic E-state index is 13.5. The third kappa shape index (κ3) is 3.92. The maximum absolute atomic E-state index is 13.5. The summed E-state index contributed by atoms with van der Waals surface area (Å²) in [6, 6.07) is 1.64. The van der Waals surface area contributed by atoms with Gasteiger partial charge in [-0.1, -0.05) is 24.4 Å². The molecule has 5 nitrogen and oxygen atoms in total. The number of rotatable bonds is 3. The molecule has 0 spiro atoms. The monoisotopic (exact) mass is 332 g/mol. The molecule has 1 fully saturated rings. The molecule has 0 bridgehead atoms. The largest absolute Gasteiger partial charge is 0.388 e. The lowest BCUT2D eigenvalue weighted by atomic mass is 10.0. The summed E-state index contributed by atoms with van der Waals surface area (Å²) < 4.78 is 27.0. The minimum Gasteiger partial charge on any atom is -0.388 e. The Balaban J connectivity index is 1.96. The van der Waals surface area contributed by atoms with Gasteiger partial charge in [0, 0.05) is 11.6 Å². The van der Waals surface area contributed by atoms with E-state index in [0.29, 0.717) is 12.8 Å². The van der Waals surface area contributed by atoms with Crippen LogP contribution in [0, 0.1) is 11.6 Å². The molecule has 1 aromatic carbocycles. The average molecular weight is 333 g/mol. The Labute approximate surface area is 130 Å². The van der Waals surface area contributed by atoms with E-state index in [9.17, 15) is 23.5 Å². The molecule has 0 aliphatic heterocycles. The zero-order valence-electron chi connectivity index (χ0n) is 11.6. The number of anilines is 1. The summed E-state index contributed by atoms with van der Waals surface area (Å²) >= 11 is 5.46. The van der Waals surface area contributed by atoms with Crippen LogP contribution in [0.15, 0.2) is 12.1 Å². The van der Waals surface area contributed by atoms with Gasteiger partial charge in [0.1, 0.15) is 5.69 Å². The Hall–Kier alpha value is -1.73. The molecule has 0 heterocycles. The Morgan fingerprint density at radius 3 is 2.27 bits per heavy atom. The van der Waals surface area contributed by atoms with Crippen LogP contribution in [-0.2, 0) is 9.59 Å². The molecule has 0 atom stereocenters. The second-order valence-electron chi connectivity index (χ2n) is 5.31. The number of nitrogens with one attached hydrogen (secondary N) is 2. The fourth-order valence-corrected chi connectivity index (χ4v) is 2.56. The van der Waals surface area contributed by atoms with Crippen LogP contribution >= 0.6 is 11.6 Å². The lowest BCUT2D eigenvalue weighted by Gasteiger charge is -2.22. The zero-order valence-corrected chi connectivity index (χ0v) is 12.3. The molecule has 1 aliphatic carbocycles. The summed E-state index contributed by atoms with van der Waals surface area (Å²) in [5, 5.41) is 14.0. The second kappa shape index (κ2) is 6.58. The molecule has 22 heavy (non-hydrogen) atoms. The Kier molecular flexibility index (Phi) is 4.97. The van der Waals surface area contributed by atoms with Crippen LogP contribution < -0.4 is 10.6 Å². The van der Waals surface area contributed by atoms with E-state index < -0.39 is 34.7 Å². The minimum absolute atomic E-state index is 0.0785. The van der Waals surface area contributed by atoms with Gasteiger partial charge in [0.05, 0.1) is 5.60 Å². The van der Waals surface area contributed by atoms with Crippen molar-refractivity contribution in [1.29, 1.82) is 0 Å². The number of hydrogen-bond acceptors (Lipinski definition) is 3. The third-order valence-electron chi connectivity index (χ3n) is 3.56. The number of amides is 2. The first kappa shape index (κ1) is 16.6. The summed E-state index contributed by atoms with van der Waals surface area (Å²) in [6.07, 6.45) is 2.77. The molecule has 0 saturated heterocycles. The first-order chi connectivity index (χ1) is 10.3. The van der Waals surface area contributed by atoms with Gasteiger partial charge in [0.2, 0.25) is 0 Å². The molecule has 3 N–H and O–H groups in total. The lowest BCUT2D eigenvalue weighted by molar-refractivity contribution is -0.136. The van der Waals surface area contributed by atoms with Crippen LogP contribution in [-0.4, -0.2) is 29.1 Å². The van der Waals surface area contributed by atoms with Gasteiger partial charge in [0.15, 0.2) is 11.6 Å². The van der Waals surface area contributed by atoms with Crippen molar-refractivity contribution >= 4 is 29.1 Å². The van der Waals surface area contributed by atoms with Crippen molar-refractivity contribution in [3.05, 3.63) is 28.8 Å². The van der Waals surface area contributed by atoms with Crippen LogP contribution in [0.1, 0.15) is 25.7 Å². The molecule has 0 unspecified atom stereocenters. The summed E-state index contributed by atoms with van der Waals surface area (Å²) in [6.45, 7) is -0.0785. The van der Waals surface area contributed by atoms with Crippen molar-refractivity contribution in [1.82, 2.24) is 5.32 Å². The molecule has 1 aromatic rings. The summed E-state index contributed by atoms with van der Waals surface area (Å²) in [4.78, 5) is 23.3. The van der Waals surface area contributed by atoms with E-state index in [2.05, 4.69) is 5.32 Å². The van der Waals surface area contributed by atoms with E-state index >= 15 is 0 Å². The number of hydrogen-bond donors (Lipinski definition) is 3. The number of aliphatic hydroxyl groups is 1. The van der Waals surface area contributed by atoms with Gasteiger partial charge in [-0.3, -0.25) is 9.59 Å². The van der Waals surface area contributed by atoms with Gasteiger partial charge in [0.25, 0.3) is 0 Å². The highest BCUT2D eigenvalue weighted by atomic mass is 35.5. The smallest absolute Gasteiger partial charge is 0.313 e. The summed E-state index contributed by atoms with van der Waals surface area (Å²) in [5.41, 5.74) is -1.77. The lowest BCUT2D eigenvalue weighted by Crippen LogP contribution is -2.44. The van der Waals surface area contributed by atoms with Crippen molar-refractivity contribution < 1.29 is 23.5 Å². The first-order valence-electron chi connectivity index (χ1n) is 6.77. The van der Waals surface area contributed by atoms with E-state index in [1.54, 1.807) is 0 Å². The molecule has 1 aliphatic rings. The predicted molar refractivity (Wildman–Crippen MR) is 76.4 cm³/mol. The minimum atomic E-state index is -1.22. The Morgan fingerprint density at radius 1 is 1.18 bits per heavy atom. The van der Waals surface area contributed by atoms with Crippen molar-refractivity contribution in [2.45, 2.75) is 31.3 Å². The van der Waals surface area contributed by atoms with Crippen LogP contribution in [0.5, 0.6) is 0 Å². The van der Waals surface area contributed by atoms with E-state index in [4.69, 9.17) is 11.6 Å². The van der Waals surface area contributed by atoms with Crippen LogP contribution in [0.25, 0.3) is 0 Å². The van der Waals surface area contributed by atoms with Crippen molar-refractivity contribution in [3.63, 3.8) is 0 Å². The quantitative estimate of drug-likeness (QED) is 0.741. The van der Waals surface area contributed by atoms with Crippen molar-refractivity contribution in [2.75, 3.05) is 11.9 Å². The van der Waals surface area contributed by atoms with Crippen molar-refractivity contribution in [3.8, 4) is 0 Å². The van der Waals surface area contributed by atoms with Gasteiger partial charge >= 0.3 is 11.8 Å². The van der Waals surface area contributed by atoms with Gasteiger partial charge in [-0.25, -0.2) is 8.78 Å². The van der Waals surface area contributed by atoms with E-state index in [1.807, 2.05) is 5.32 Å². The highest BCUT2D eigenvalue weighted by molar-refractivity contribution is 6.39. The Morgan fingerprint density at radius 2 is 1.73 bits per heavy atom. The van der Waals surface area contributed by atoms with E-state index in [1.165, 1.54) is 0 Å². The molecular weight excluding hydrogens is 318 g/mol. The molecule has 2 amide bonds. The van der Waals surface area contributed by atoms with E-state index in [-0.39, 0.29) is 11.6 Å². The van der Waals surface area contributed by atoms with Gasteiger partial charge in [-0.15, -0.1) is 0 Å². The van der Waals surface area contributed by atoms with Crippen LogP contribution in [0.2, 0.25) is 5.02 Å². The molecule has 120 valence electrons. The predicted octanol–water partition coefficient (Wildman–Crippen LogP) is 1.98. The molecule has 0 radical (unpaired) electrons. The number of carbonyl (C=O) groups excluding carboxylic acids is 2. The number of benzene rings is 1. The molecule has 2 rings (SSSR count). The van der Waals surface area contributed by atoms with Crippen molar-refractivity contribution in [2.24, 2.45) is 0 Å². The van der Waals surface area contributed by atoms with Gasteiger partial charge in [-0.05, 0) is 25.0 Å². The molecule has 1 saturated carbocycles. The zero-order chi connectivity index (χ0) is 16.3. The first-order valence-corrected chi connectivity index (χ1v) is 7.15. The normalized spacial score (nSPS) is 16.4. The SMILES string of the molecule is O=C(NCC1(O)CCCC1)C(=O)Nc1c(F)cc(Cl)cc1F. The van der Waals surface area contributed by atoms with Crippen LogP contribution in [0.3, 0.4) is 0 Å². The molecule has 0 aromatic heterocycles.